The van der Waals surface area contributed by atoms with Gasteiger partial charge in [0.05, 0.1) is 0 Å². The zero-order valence-corrected chi connectivity index (χ0v) is 40.6. The monoisotopic (exact) mass is 850 g/mol. The third-order valence-electron chi connectivity index (χ3n) is 6.25. The van der Waals surface area contributed by atoms with E-state index in [1.807, 2.05) is 0 Å². The maximum Gasteiger partial charge on any atom is -1.00 e. The van der Waals surface area contributed by atoms with Crippen molar-refractivity contribution in [3.63, 3.8) is 0 Å². The summed E-state index contributed by atoms with van der Waals surface area (Å²) in [6.45, 7) is 35.9. The molecule has 0 unspecified atom stereocenters. The van der Waals surface area contributed by atoms with E-state index in [2.05, 4.69) is 182 Å². The fraction of sp³-hybridized carbons (Fsp3) is 0.600. The molecule has 0 amide bonds. The van der Waals surface area contributed by atoms with Crippen LogP contribution in [-0.2, 0) is 46.7 Å². The van der Waals surface area contributed by atoms with Gasteiger partial charge in [-0.2, -0.15) is 46.6 Å². The van der Waals surface area contributed by atoms with Crippen molar-refractivity contribution in [2.75, 3.05) is 0 Å². The maximum absolute atomic E-state index is 3.16. The van der Waals surface area contributed by atoms with Crippen LogP contribution in [0, 0.1) is 46.0 Å². The second-order valence-corrected chi connectivity index (χ2v) is 34.6. The van der Waals surface area contributed by atoms with E-state index in [9.17, 15) is 0 Å². The fourth-order valence-corrected chi connectivity index (χ4v) is 3.68. The summed E-state index contributed by atoms with van der Waals surface area (Å²) in [6, 6.07) is 0. The van der Waals surface area contributed by atoms with E-state index in [0.717, 1.165) is 25.7 Å². The van der Waals surface area contributed by atoms with Gasteiger partial charge in [-0.25, -0.2) is 24.3 Å². The third kappa shape index (κ3) is 30.7. The smallest absolute Gasteiger partial charge is 1.00 e. The molecule has 0 aromatic heterocycles. The zero-order chi connectivity index (χ0) is 34.8. The number of halogens is 2. The summed E-state index contributed by atoms with van der Waals surface area (Å²) in [6.07, 6.45) is 34.0. The predicted molar refractivity (Wildman–Crippen MR) is 195 cm³/mol. The van der Waals surface area contributed by atoms with Gasteiger partial charge in [-0.1, -0.05) is 105 Å². The summed E-state index contributed by atoms with van der Waals surface area (Å²) in [5.74, 6) is 0. The normalized spacial score (nSPS) is 15.6. The average molecular weight is 854 g/mol. The molecule has 0 nitrogen and oxygen atoms in total. The van der Waals surface area contributed by atoms with E-state index in [1.54, 1.807) is 46.7 Å². The molecule has 0 aliphatic heterocycles. The number of hydrogen-bond acceptors (Lipinski definition) is 0. The molecule has 6 heteroatoms. The molecule has 4 rings (SSSR count). The van der Waals surface area contributed by atoms with Crippen molar-refractivity contribution >= 4 is 10.9 Å². The Morgan fingerprint density at radius 3 is 0.587 bits per heavy atom. The van der Waals surface area contributed by atoms with Crippen LogP contribution in [0.4, 0.5) is 0 Å². The first-order valence-electron chi connectivity index (χ1n) is 16.0. The van der Waals surface area contributed by atoms with Crippen molar-refractivity contribution in [2.45, 2.75) is 135 Å². The molecule has 4 aliphatic rings. The molecule has 0 saturated carbocycles. The molecular formula is C40H64Cl2Si2Zr2-2. The molecule has 0 heterocycles. The second kappa shape index (κ2) is 26.5. The summed E-state index contributed by atoms with van der Waals surface area (Å²) in [5.41, 5.74) is 7.39. The van der Waals surface area contributed by atoms with Crippen LogP contribution in [0.1, 0.15) is 109 Å². The van der Waals surface area contributed by atoms with Crippen LogP contribution in [-0.4, -0.2) is 10.9 Å². The summed E-state index contributed by atoms with van der Waals surface area (Å²) in [4.78, 5) is 0. The average Bonchev–Trinajstić information content (AvgIpc) is 3.64. The van der Waals surface area contributed by atoms with Crippen molar-refractivity contribution in [3.05, 3.63) is 95.2 Å². The largest absolute Gasteiger partial charge is 1.00 e. The van der Waals surface area contributed by atoms with Gasteiger partial charge < -0.3 is 24.8 Å². The second-order valence-electron chi connectivity index (χ2n) is 15.8. The minimum atomic E-state index is 0. The molecule has 0 radical (unpaired) electrons. The Balaban J connectivity index is -0.000000234. The van der Waals surface area contributed by atoms with Gasteiger partial charge in [0.25, 0.3) is 0 Å². The topological polar surface area (TPSA) is 0 Å². The summed E-state index contributed by atoms with van der Waals surface area (Å²) in [7, 11) is 0. The van der Waals surface area contributed by atoms with E-state index >= 15 is 0 Å². The molecule has 0 spiro atoms. The Labute approximate surface area is 331 Å². The van der Waals surface area contributed by atoms with E-state index < -0.39 is 0 Å². The fourth-order valence-electron chi connectivity index (χ4n) is 3.68. The van der Waals surface area contributed by atoms with E-state index in [4.69, 9.17) is 0 Å². The van der Waals surface area contributed by atoms with Crippen LogP contribution in [0.5, 0.6) is 0 Å². The Kier molecular flexibility index (Phi) is 30.8. The van der Waals surface area contributed by atoms with Crippen LogP contribution in [0.3, 0.4) is 0 Å². The SMILES string of the molecule is CC(C)(C)C1=CC[C-]=C1.CC(C)(C)C1=CC[C-]=C1.CC(C)(C)C1=CC[C-]=C1.CC(C)(C)C1=CC[C-]=C1.C[Si](C)=[Zr+2].C[Si](C)=[Zr+2].[Cl-].[Cl-]. The van der Waals surface area contributed by atoms with E-state index in [0.29, 0.717) is 21.7 Å². The zero-order valence-electron chi connectivity index (χ0n) is 32.2. The van der Waals surface area contributed by atoms with Gasteiger partial charge in [0.1, 0.15) is 0 Å². The van der Waals surface area contributed by atoms with Crippen LogP contribution in [0.2, 0.25) is 26.2 Å². The summed E-state index contributed by atoms with van der Waals surface area (Å²) < 4.78 is 0. The van der Waals surface area contributed by atoms with Gasteiger partial charge in [0, 0.05) is 0 Å². The van der Waals surface area contributed by atoms with Gasteiger partial charge in [0.15, 0.2) is 0 Å². The van der Waals surface area contributed by atoms with Crippen LogP contribution in [0.15, 0.2) is 70.9 Å². The van der Waals surface area contributed by atoms with Gasteiger partial charge in [-0.3, -0.25) is 24.3 Å². The van der Waals surface area contributed by atoms with Crippen molar-refractivity contribution < 1.29 is 71.5 Å². The molecule has 0 fully saturated rings. The van der Waals surface area contributed by atoms with Crippen LogP contribution in [0.25, 0.3) is 0 Å². The first-order valence-corrected chi connectivity index (χ1v) is 28.4. The first kappa shape index (κ1) is 53.5. The molecule has 0 aromatic rings. The maximum atomic E-state index is 3.16. The van der Waals surface area contributed by atoms with Crippen molar-refractivity contribution in [1.29, 1.82) is 0 Å². The molecular weight excluding hydrogens is 790 g/mol. The standard InChI is InChI=1S/4C9H13.2C2H6Si.2ClH.2Zr/c4*1-9(2,3)8-6-4-5-7-8;2*1-3-2;;;;/h4*6-7H,4H2,1-3H3;2*1-2H3;2*1H;;/q4*-1;;;;;2*+2/p-2. The Hall–Kier alpha value is 0.700. The Morgan fingerprint density at radius 1 is 0.413 bits per heavy atom. The summed E-state index contributed by atoms with van der Waals surface area (Å²) in [5, 5.41) is 0. The minimum absolute atomic E-state index is 0. The molecule has 256 valence electrons. The van der Waals surface area contributed by atoms with Gasteiger partial charge in [-0.15, -0.1) is 25.7 Å². The van der Waals surface area contributed by atoms with Crippen LogP contribution < -0.4 is 24.8 Å². The molecule has 4 aliphatic carbocycles. The van der Waals surface area contributed by atoms with Gasteiger partial charge >= 0.3 is 83.7 Å². The quantitative estimate of drug-likeness (QED) is 0.194. The van der Waals surface area contributed by atoms with Crippen LogP contribution >= 0.6 is 0 Å². The molecule has 46 heavy (non-hydrogen) atoms. The van der Waals surface area contributed by atoms with Crippen molar-refractivity contribution in [3.8, 4) is 0 Å². The molecule has 0 N–H and O–H groups in total. The Bertz CT molecular complexity index is 970. The molecule has 0 bridgehead atoms. The van der Waals surface area contributed by atoms with E-state index in [1.165, 1.54) is 22.3 Å². The predicted octanol–water partition coefficient (Wildman–Crippen LogP) is 6.46. The van der Waals surface area contributed by atoms with E-state index in [-0.39, 0.29) is 35.7 Å². The third-order valence-corrected chi connectivity index (χ3v) is 6.25. The minimum Gasteiger partial charge on any atom is -1.00 e. The van der Waals surface area contributed by atoms with Crippen molar-refractivity contribution in [1.82, 2.24) is 0 Å². The molecule has 0 atom stereocenters. The summed E-state index contributed by atoms with van der Waals surface area (Å²) >= 11 is 3.48. The first-order chi connectivity index (χ1) is 19.9. The number of allylic oxidation sites excluding steroid dienone is 16. The number of hydrogen-bond donors (Lipinski definition) is 0. The van der Waals surface area contributed by atoms with Gasteiger partial charge in [-0.05, 0) is 0 Å². The number of rotatable bonds is 0. The van der Waals surface area contributed by atoms with Gasteiger partial charge in [0.2, 0.25) is 0 Å². The molecule has 0 saturated heterocycles. The molecule has 0 aromatic carbocycles. The Morgan fingerprint density at radius 2 is 0.543 bits per heavy atom. The van der Waals surface area contributed by atoms with Crippen molar-refractivity contribution in [2.24, 2.45) is 21.7 Å².